The summed E-state index contributed by atoms with van der Waals surface area (Å²) in [5, 5.41) is 0.404. The lowest BCUT2D eigenvalue weighted by Crippen LogP contribution is -2.40. The van der Waals surface area contributed by atoms with Crippen LogP contribution < -0.4 is 4.74 Å². The van der Waals surface area contributed by atoms with Crippen LogP contribution in [-0.2, 0) is 11.2 Å². The quantitative estimate of drug-likeness (QED) is 0.636. The number of morpholine rings is 1. The van der Waals surface area contributed by atoms with Crippen LogP contribution in [0.2, 0.25) is 0 Å². The Kier molecular flexibility index (Phi) is 5.82. The van der Waals surface area contributed by atoms with Crippen LogP contribution in [0.15, 0.2) is 42.5 Å². The van der Waals surface area contributed by atoms with Crippen LogP contribution in [-0.4, -0.2) is 46.5 Å². The second-order valence-corrected chi connectivity index (χ2v) is 7.48. The first-order valence-electron chi connectivity index (χ1n) is 9.31. The van der Waals surface area contributed by atoms with Gasteiger partial charge in [-0.05, 0) is 42.3 Å². The van der Waals surface area contributed by atoms with E-state index in [0.717, 1.165) is 22.7 Å². The topological polar surface area (TPSA) is 64.6 Å². The molecule has 0 aliphatic carbocycles. The van der Waals surface area contributed by atoms with Gasteiger partial charge in [-0.2, -0.15) is 9.36 Å². The van der Waals surface area contributed by atoms with Crippen molar-refractivity contribution in [2.45, 2.75) is 13.3 Å². The van der Waals surface area contributed by atoms with E-state index < -0.39 is 0 Å². The molecule has 2 aromatic carbocycles. The standard InChI is InChI=1S/C21H20FN3O3S/c1-14-2-5-16(20(26)25-8-10-27-11-9-25)13-18(14)28-21-23-19(24-29-21)12-15-3-6-17(22)7-4-15/h2-7,13H,8-12H2,1H3. The SMILES string of the molecule is Cc1ccc(C(=O)N2CCOCC2)cc1Oc1nc(Cc2ccc(F)cc2)ns1. The maximum absolute atomic E-state index is 13.0. The Morgan fingerprint density at radius 1 is 1.21 bits per heavy atom. The zero-order valence-corrected chi connectivity index (χ0v) is 16.7. The van der Waals surface area contributed by atoms with Gasteiger partial charge in [0.15, 0.2) is 5.82 Å². The number of hydrogen-bond donors (Lipinski definition) is 0. The van der Waals surface area contributed by atoms with Gasteiger partial charge < -0.3 is 14.4 Å². The summed E-state index contributed by atoms with van der Waals surface area (Å²) in [5.41, 5.74) is 2.40. The average molecular weight is 413 g/mol. The molecule has 6 nitrogen and oxygen atoms in total. The summed E-state index contributed by atoms with van der Waals surface area (Å²) in [6.07, 6.45) is 0.495. The van der Waals surface area contributed by atoms with E-state index >= 15 is 0 Å². The number of carbonyl (C=O) groups is 1. The number of ether oxygens (including phenoxy) is 2. The van der Waals surface area contributed by atoms with Crippen LogP contribution in [0.5, 0.6) is 10.9 Å². The van der Waals surface area contributed by atoms with Gasteiger partial charge in [0, 0.05) is 36.6 Å². The van der Waals surface area contributed by atoms with E-state index in [-0.39, 0.29) is 11.7 Å². The molecular weight excluding hydrogens is 393 g/mol. The Balaban J connectivity index is 1.47. The van der Waals surface area contributed by atoms with Gasteiger partial charge in [0.25, 0.3) is 11.1 Å². The lowest BCUT2D eigenvalue weighted by Gasteiger charge is -2.27. The molecule has 2 heterocycles. The molecule has 0 unspecified atom stereocenters. The normalized spacial score (nSPS) is 14.1. The molecule has 0 atom stereocenters. The molecule has 29 heavy (non-hydrogen) atoms. The Labute approximate surface area is 172 Å². The minimum atomic E-state index is -0.272. The molecule has 1 amide bonds. The van der Waals surface area contributed by atoms with Crippen molar-refractivity contribution in [2.24, 2.45) is 0 Å². The van der Waals surface area contributed by atoms with Gasteiger partial charge in [0.2, 0.25) is 0 Å². The van der Waals surface area contributed by atoms with E-state index in [4.69, 9.17) is 9.47 Å². The van der Waals surface area contributed by atoms with Crippen molar-refractivity contribution < 1.29 is 18.7 Å². The fraction of sp³-hybridized carbons (Fsp3) is 0.286. The Bertz CT molecular complexity index is 1000. The van der Waals surface area contributed by atoms with Gasteiger partial charge in [-0.1, -0.05) is 18.2 Å². The van der Waals surface area contributed by atoms with Gasteiger partial charge in [0.05, 0.1) is 13.2 Å². The van der Waals surface area contributed by atoms with E-state index in [2.05, 4.69) is 9.36 Å². The van der Waals surface area contributed by atoms with Crippen molar-refractivity contribution in [1.82, 2.24) is 14.3 Å². The summed E-state index contributed by atoms with van der Waals surface area (Å²) in [7, 11) is 0. The lowest BCUT2D eigenvalue weighted by atomic mass is 10.1. The third-order valence-electron chi connectivity index (χ3n) is 4.66. The first kappa shape index (κ1) is 19.5. The number of benzene rings is 2. The fourth-order valence-corrected chi connectivity index (χ4v) is 3.58. The number of aryl methyl sites for hydroxylation is 1. The molecule has 3 aromatic rings. The Morgan fingerprint density at radius 2 is 1.97 bits per heavy atom. The van der Waals surface area contributed by atoms with Gasteiger partial charge in [-0.3, -0.25) is 4.79 Å². The number of halogens is 1. The van der Waals surface area contributed by atoms with Crippen molar-refractivity contribution in [3.63, 3.8) is 0 Å². The molecule has 0 bridgehead atoms. The molecule has 4 rings (SSSR count). The van der Waals surface area contributed by atoms with Crippen molar-refractivity contribution in [3.05, 3.63) is 70.8 Å². The van der Waals surface area contributed by atoms with Crippen LogP contribution >= 0.6 is 11.5 Å². The number of carbonyl (C=O) groups excluding carboxylic acids is 1. The van der Waals surface area contributed by atoms with Crippen molar-refractivity contribution >= 4 is 17.4 Å². The summed E-state index contributed by atoms with van der Waals surface area (Å²) in [6, 6.07) is 11.7. The van der Waals surface area contributed by atoms with E-state index in [1.165, 1.54) is 12.1 Å². The van der Waals surface area contributed by atoms with Crippen LogP contribution in [0.1, 0.15) is 27.3 Å². The van der Waals surface area contributed by atoms with Gasteiger partial charge in [-0.25, -0.2) is 4.39 Å². The van der Waals surface area contributed by atoms with Crippen molar-refractivity contribution in [3.8, 4) is 10.9 Å². The first-order valence-corrected chi connectivity index (χ1v) is 10.1. The number of hydrogen-bond acceptors (Lipinski definition) is 6. The highest BCUT2D eigenvalue weighted by Crippen LogP contribution is 2.28. The number of nitrogens with zero attached hydrogens (tertiary/aromatic N) is 3. The van der Waals surface area contributed by atoms with Gasteiger partial charge >= 0.3 is 0 Å². The third-order valence-corrected chi connectivity index (χ3v) is 5.29. The largest absolute Gasteiger partial charge is 0.430 e. The highest BCUT2D eigenvalue weighted by atomic mass is 32.1. The molecule has 0 N–H and O–H groups in total. The minimum Gasteiger partial charge on any atom is -0.430 e. The van der Waals surface area contributed by atoms with Crippen LogP contribution in [0.4, 0.5) is 4.39 Å². The highest BCUT2D eigenvalue weighted by Gasteiger charge is 2.20. The van der Waals surface area contributed by atoms with Gasteiger partial charge in [0.1, 0.15) is 11.6 Å². The molecule has 1 aliphatic heterocycles. The lowest BCUT2D eigenvalue weighted by molar-refractivity contribution is 0.0302. The molecule has 1 saturated heterocycles. The molecule has 0 radical (unpaired) electrons. The first-order chi connectivity index (χ1) is 14.1. The number of rotatable bonds is 5. The molecule has 1 fully saturated rings. The van der Waals surface area contributed by atoms with E-state index in [9.17, 15) is 9.18 Å². The fourth-order valence-electron chi connectivity index (χ4n) is 3.02. The van der Waals surface area contributed by atoms with Gasteiger partial charge in [-0.15, -0.1) is 0 Å². The zero-order valence-electron chi connectivity index (χ0n) is 15.9. The van der Waals surface area contributed by atoms with Crippen LogP contribution in [0.25, 0.3) is 0 Å². The second-order valence-electron chi connectivity index (χ2n) is 6.77. The van der Waals surface area contributed by atoms with E-state index in [1.54, 1.807) is 29.2 Å². The third kappa shape index (κ3) is 4.78. The molecule has 1 aliphatic rings. The molecule has 0 spiro atoms. The summed E-state index contributed by atoms with van der Waals surface area (Å²) >= 11 is 1.15. The Hall–Kier alpha value is -2.84. The average Bonchev–Trinajstić information content (AvgIpc) is 3.18. The second kappa shape index (κ2) is 8.67. The zero-order chi connectivity index (χ0) is 20.2. The molecule has 8 heteroatoms. The monoisotopic (exact) mass is 413 g/mol. The maximum Gasteiger partial charge on any atom is 0.298 e. The van der Waals surface area contributed by atoms with E-state index in [0.29, 0.717) is 55.1 Å². The predicted molar refractivity (Wildman–Crippen MR) is 107 cm³/mol. The Morgan fingerprint density at radius 3 is 2.72 bits per heavy atom. The summed E-state index contributed by atoms with van der Waals surface area (Å²) in [4.78, 5) is 18.9. The molecule has 0 saturated carbocycles. The van der Waals surface area contributed by atoms with Crippen LogP contribution in [0, 0.1) is 12.7 Å². The van der Waals surface area contributed by atoms with Crippen molar-refractivity contribution in [1.29, 1.82) is 0 Å². The molecule has 150 valence electrons. The predicted octanol–water partition coefficient (Wildman–Crippen LogP) is 3.84. The summed E-state index contributed by atoms with van der Waals surface area (Å²) < 4.78 is 28.6. The summed E-state index contributed by atoms with van der Waals surface area (Å²) in [6.45, 7) is 4.21. The minimum absolute atomic E-state index is 0.0348. The molecular formula is C21H20FN3O3S. The number of aromatic nitrogens is 2. The van der Waals surface area contributed by atoms with Crippen molar-refractivity contribution in [2.75, 3.05) is 26.3 Å². The maximum atomic E-state index is 13.0. The molecule has 1 aromatic heterocycles. The highest BCUT2D eigenvalue weighted by molar-refractivity contribution is 7.07. The van der Waals surface area contributed by atoms with Crippen LogP contribution in [0.3, 0.4) is 0 Å². The smallest absolute Gasteiger partial charge is 0.298 e. The number of amides is 1. The van der Waals surface area contributed by atoms with E-state index in [1.807, 2.05) is 13.0 Å². The summed E-state index contributed by atoms with van der Waals surface area (Å²) in [5.74, 6) is 0.877.